The van der Waals surface area contributed by atoms with Gasteiger partial charge in [0.1, 0.15) is 6.61 Å². The summed E-state index contributed by atoms with van der Waals surface area (Å²) >= 11 is 0. The van der Waals surface area contributed by atoms with E-state index in [-0.39, 0.29) is 0 Å². The van der Waals surface area contributed by atoms with Crippen molar-refractivity contribution in [1.29, 1.82) is 0 Å². The van der Waals surface area contributed by atoms with Gasteiger partial charge in [0, 0.05) is 15.6 Å². The zero-order chi connectivity index (χ0) is 9.56. The van der Waals surface area contributed by atoms with Crippen molar-refractivity contribution >= 4 is 16.5 Å². The Balaban J connectivity index is 0.000000261. The lowest BCUT2D eigenvalue weighted by molar-refractivity contribution is 0.101. The topological polar surface area (TPSA) is 119 Å². The van der Waals surface area contributed by atoms with Gasteiger partial charge in [0.25, 0.3) is 0 Å². The molecule has 0 aromatic rings. The Morgan fingerprint density at radius 2 is 2.08 bits per heavy atom. The molecule has 2 atom stereocenters. The first-order valence-corrected chi connectivity index (χ1v) is 5.16. The molecule has 0 amide bonds. The van der Waals surface area contributed by atoms with Gasteiger partial charge < -0.3 is 5.73 Å². The highest BCUT2D eigenvalue weighted by Crippen LogP contribution is 2.29. The molecule has 0 spiro atoms. The maximum atomic E-state index is 10.3. The van der Waals surface area contributed by atoms with E-state index in [0.717, 1.165) is 0 Å². The van der Waals surface area contributed by atoms with Gasteiger partial charge in [-0.1, -0.05) is 0 Å². The van der Waals surface area contributed by atoms with E-state index >= 15 is 0 Å². The molecule has 1 heterocycles. The molecule has 1 saturated heterocycles. The van der Waals surface area contributed by atoms with Gasteiger partial charge >= 0.3 is 16.5 Å². The second kappa shape index (κ2) is 6.51. The summed E-state index contributed by atoms with van der Waals surface area (Å²) in [4.78, 5) is 14.2. The van der Waals surface area contributed by atoms with Crippen molar-refractivity contribution in [3.63, 3.8) is 0 Å². The lowest BCUT2D eigenvalue weighted by Gasteiger charge is -2.04. The van der Waals surface area contributed by atoms with Gasteiger partial charge in [-0.25, -0.2) is 0 Å². The molecule has 1 aliphatic rings. The Morgan fingerprint density at radius 1 is 1.58 bits per heavy atom. The van der Waals surface area contributed by atoms with E-state index in [1.807, 2.05) is 0 Å². The van der Waals surface area contributed by atoms with Crippen LogP contribution in [0.15, 0.2) is 0 Å². The van der Waals surface area contributed by atoms with Gasteiger partial charge in [0.15, 0.2) is 6.23 Å². The Hall–Kier alpha value is -0.0000000000000000694. The van der Waals surface area contributed by atoms with E-state index in [1.165, 1.54) is 0 Å². The smallest absolute Gasteiger partial charge is 0.302 e. The molecule has 9 heteroatoms. The number of rotatable bonds is 0. The number of hydrogen-bond donors (Lipinski definition) is 3. The van der Waals surface area contributed by atoms with Gasteiger partial charge in [-0.05, 0) is 0 Å². The second-order valence-electron chi connectivity index (χ2n) is 1.74. The third kappa shape index (κ3) is 8.10. The molecule has 0 aromatic carbocycles. The molecular weight excluding hydrogens is 208 g/mol. The van der Waals surface area contributed by atoms with E-state index in [9.17, 15) is 4.57 Å². The molecule has 7 nitrogen and oxygen atoms in total. The third-order valence-corrected chi connectivity index (χ3v) is 1.66. The maximum Gasteiger partial charge on any atom is 0.699 e. The molecule has 2 unspecified atom stereocenters. The monoisotopic (exact) mass is 217 g/mol. The van der Waals surface area contributed by atoms with Crippen LogP contribution < -0.4 is 5.73 Å². The van der Waals surface area contributed by atoms with Gasteiger partial charge in [0.2, 0.25) is 0 Å². The van der Waals surface area contributed by atoms with Crippen molar-refractivity contribution in [1.82, 2.24) is 0 Å². The van der Waals surface area contributed by atoms with E-state index < -0.39 is 22.7 Å². The Kier molecular flexibility index (Phi) is 6.51. The average Bonchev–Trinajstić information content (AvgIpc) is 1.84. The molecule has 1 rings (SSSR count). The second-order valence-corrected chi connectivity index (χ2v) is 3.16. The highest BCUT2D eigenvalue weighted by atomic mass is 31.1. The summed E-state index contributed by atoms with van der Waals surface area (Å²) < 4.78 is 28.1. The summed E-state index contributed by atoms with van der Waals surface area (Å²) in [6.45, 7) is 0.441. The number of hydrogen-bond acceptors (Lipinski definition) is 5. The summed E-state index contributed by atoms with van der Waals surface area (Å²) in [6, 6.07) is 0. The minimum Gasteiger partial charge on any atom is -0.302 e. The molecule has 0 aliphatic carbocycles. The number of nitrogens with two attached hydrogens (primary N) is 1. The zero-order valence-electron chi connectivity index (χ0n) is 5.99. The van der Waals surface area contributed by atoms with Gasteiger partial charge in [-0.3, -0.25) is 0 Å². The average molecular weight is 217 g/mol. The fourth-order valence-corrected chi connectivity index (χ4v) is 1.08. The first-order chi connectivity index (χ1) is 5.52. The summed E-state index contributed by atoms with van der Waals surface area (Å²) in [5, 5.41) is 0. The van der Waals surface area contributed by atoms with Crippen LogP contribution in [-0.2, 0) is 18.2 Å². The summed E-state index contributed by atoms with van der Waals surface area (Å²) in [5.74, 6) is 0. The predicted octanol–water partition coefficient (Wildman–Crippen LogP) is -0.00610. The lowest BCUT2D eigenvalue weighted by Crippen LogP contribution is -2.25. The molecule has 0 radical (unpaired) electrons. The van der Waals surface area contributed by atoms with Crippen molar-refractivity contribution in [2.75, 3.05) is 6.61 Å². The van der Waals surface area contributed by atoms with Gasteiger partial charge in [-0.15, -0.1) is 18.8 Å². The van der Waals surface area contributed by atoms with Crippen molar-refractivity contribution in [3.8, 4) is 0 Å². The van der Waals surface area contributed by atoms with Crippen LogP contribution >= 0.6 is 16.5 Å². The Labute approximate surface area is 70.4 Å². The standard InChI is InChI=1S/C3H7NO3P.HO3P/c4-3-1-2-6-8(5)7-3;1-4(2)3/h3H,1-2,4H2;(H-,1,2,3)/q+1;/p+1. The third-order valence-electron chi connectivity index (χ3n) is 0.821. The van der Waals surface area contributed by atoms with Crippen LogP contribution in [0.5, 0.6) is 0 Å². The maximum absolute atomic E-state index is 10.3. The fourth-order valence-electron chi connectivity index (χ4n) is 0.437. The molecule has 0 aromatic heterocycles. The predicted molar refractivity (Wildman–Crippen MR) is 39.3 cm³/mol. The largest absolute Gasteiger partial charge is 0.699 e. The molecule has 1 aliphatic heterocycles. The molecule has 0 bridgehead atoms. The first-order valence-electron chi connectivity index (χ1n) is 2.90. The van der Waals surface area contributed by atoms with Crippen LogP contribution in [0.1, 0.15) is 6.42 Å². The summed E-state index contributed by atoms with van der Waals surface area (Å²) in [5.41, 5.74) is 5.24. The van der Waals surface area contributed by atoms with E-state index in [2.05, 4.69) is 9.05 Å². The van der Waals surface area contributed by atoms with Crippen molar-refractivity contribution in [2.24, 2.45) is 5.73 Å². The van der Waals surface area contributed by atoms with Crippen molar-refractivity contribution < 1.29 is 28.0 Å². The molecule has 1 fully saturated rings. The molecule has 4 N–H and O–H groups in total. The fraction of sp³-hybridized carbons (Fsp3) is 1.00. The van der Waals surface area contributed by atoms with Gasteiger partial charge in [-0.2, -0.15) is 0 Å². The van der Waals surface area contributed by atoms with Crippen molar-refractivity contribution in [3.05, 3.63) is 0 Å². The quantitative estimate of drug-likeness (QED) is 0.488. The van der Waals surface area contributed by atoms with Crippen LogP contribution in [0.2, 0.25) is 0 Å². The van der Waals surface area contributed by atoms with E-state index in [0.29, 0.717) is 13.0 Å². The Bertz CT molecular complexity index is 170. The Morgan fingerprint density at radius 3 is 2.33 bits per heavy atom. The highest BCUT2D eigenvalue weighted by Gasteiger charge is 2.30. The van der Waals surface area contributed by atoms with Crippen LogP contribution in [0.4, 0.5) is 0 Å². The van der Waals surface area contributed by atoms with E-state index in [4.69, 9.17) is 20.1 Å². The van der Waals surface area contributed by atoms with Crippen molar-refractivity contribution in [2.45, 2.75) is 12.6 Å². The minimum atomic E-state index is -2.87. The summed E-state index contributed by atoms with van der Waals surface area (Å²) in [7, 11) is -4.78. The SMILES string of the molecule is NC1CCO[P+](=O)O1.O=[P+](O)O. The summed E-state index contributed by atoms with van der Waals surface area (Å²) in [6.07, 6.45) is 0.230. The van der Waals surface area contributed by atoms with Crippen LogP contribution in [-0.4, -0.2) is 22.6 Å². The van der Waals surface area contributed by atoms with Gasteiger partial charge in [0.05, 0.1) is 0 Å². The molecule has 0 saturated carbocycles. The van der Waals surface area contributed by atoms with Crippen LogP contribution in [0.25, 0.3) is 0 Å². The zero-order valence-corrected chi connectivity index (χ0v) is 7.78. The lowest BCUT2D eigenvalue weighted by atomic mass is 10.4. The van der Waals surface area contributed by atoms with E-state index in [1.54, 1.807) is 0 Å². The van der Waals surface area contributed by atoms with Crippen LogP contribution in [0, 0.1) is 0 Å². The first kappa shape index (κ1) is 12.0. The highest BCUT2D eigenvalue weighted by molar-refractivity contribution is 7.33. The molecular formula is C3H9NO6P2+2. The molecule has 12 heavy (non-hydrogen) atoms. The molecule has 70 valence electrons. The minimum absolute atomic E-state index is 0.396. The normalized spacial score (nSPS) is 25.6. The van der Waals surface area contributed by atoms with Crippen LogP contribution in [0.3, 0.4) is 0 Å².